The Balaban J connectivity index is 0.00000131. The van der Waals surface area contributed by atoms with E-state index in [9.17, 15) is 9.90 Å². The lowest BCUT2D eigenvalue weighted by molar-refractivity contribution is -0.137. The van der Waals surface area contributed by atoms with E-state index in [-0.39, 0.29) is 42.7 Å². The monoisotopic (exact) mass is 415 g/mol. The molecular formula is C20H31Cl2N3O2. The summed E-state index contributed by atoms with van der Waals surface area (Å²) in [7, 11) is 0. The molecule has 0 unspecified atom stereocenters. The first-order valence-corrected chi connectivity index (χ1v) is 9.65. The summed E-state index contributed by atoms with van der Waals surface area (Å²) in [6.45, 7) is 3.84. The molecule has 0 radical (unpaired) electrons. The maximum atomic E-state index is 12.7. The lowest BCUT2D eigenvalue weighted by atomic mass is 9.95. The van der Waals surface area contributed by atoms with Gasteiger partial charge in [0, 0.05) is 44.2 Å². The van der Waals surface area contributed by atoms with Gasteiger partial charge < -0.3 is 15.7 Å². The van der Waals surface area contributed by atoms with Crippen molar-refractivity contribution in [3.63, 3.8) is 0 Å². The Kier molecular flexibility index (Phi) is 7.95. The van der Waals surface area contributed by atoms with Gasteiger partial charge in [-0.15, -0.1) is 24.8 Å². The molecule has 0 aromatic heterocycles. The molecule has 1 saturated carbocycles. The highest BCUT2D eigenvalue weighted by atomic mass is 35.5. The fourth-order valence-corrected chi connectivity index (χ4v) is 4.79. The summed E-state index contributed by atoms with van der Waals surface area (Å²) in [4.78, 5) is 17.3. The molecule has 1 aromatic carbocycles. The average Bonchev–Trinajstić information content (AvgIpc) is 2.99. The van der Waals surface area contributed by atoms with Crippen molar-refractivity contribution < 1.29 is 9.90 Å². The highest BCUT2D eigenvalue weighted by Crippen LogP contribution is 2.29. The molecule has 27 heavy (non-hydrogen) atoms. The standard InChI is InChI=1S/C20H29N3O2.2ClH/c21-18-11-16(12-19(18)24)20(25)22-9-6-17(7-10-22)23-8-5-14-3-1-2-4-15(14)13-23;;/h1-4,16-19,24H,5-13,21H2;2*1H/t16-,18-,19-;;/m0../s1. The largest absolute Gasteiger partial charge is 0.391 e. The van der Waals surface area contributed by atoms with Crippen molar-refractivity contribution in [1.29, 1.82) is 0 Å². The molecule has 0 bridgehead atoms. The van der Waals surface area contributed by atoms with Crippen molar-refractivity contribution in [3.05, 3.63) is 35.4 Å². The van der Waals surface area contributed by atoms with Gasteiger partial charge in [-0.3, -0.25) is 9.69 Å². The molecule has 1 amide bonds. The van der Waals surface area contributed by atoms with E-state index < -0.39 is 6.10 Å². The quantitative estimate of drug-likeness (QED) is 0.774. The van der Waals surface area contributed by atoms with Gasteiger partial charge in [0.05, 0.1) is 6.10 Å². The number of nitrogens with two attached hydrogens (primary N) is 1. The zero-order valence-electron chi connectivity index (χ0n) is 15.6. The second-order valence-corrected chi connectivity index (χ2v) is 7.95. The van der Waals surface area contributed by atoms with Gasteiger partial charge in [-0.25, -0.2) is 0 Å². The Hall–Kier alpha value is -0.850. The summed E-state index contributed by atoms with van der Waals surface area (Å²) in [6.07, 6.45) is 3.88. The lowest BCUT2D eigenvalue weighted by Gasteiger charge is -2.41. The van der Waals surface area contributed by atoms with Crippen molar-refractivity contribution in [1.82, 2.24) is 9.80 Å². The van der Waals surface area contributed by atoms with Gasteiger partial charge in [0.2, 0.25) is 5.91 Å². The molecule has 152 valence electrons. The van der Waals surface area contributed by atoms with Gasteiger partial charge in [-0.1, -0.05) is 24.3 Å². The maximum absolute atomic E-state index is 12.7. The highest BCUT2D eigenvalue weighted by molar-refractivity contribution is 5.85. The predicted octanol–water partition coefficient (Wildman–Crippen LogP) is 1.98. The number of nitrogens with zero attached hydrogens (tertiary/aromatic N) is 2. The van der Waals surface area contributed by atoms with Crippen LogP contribution in [0, 0.1) is 5.92 Å². The minimum absolute atomic E-state index is 0. The van der Waals surface area contributed by atoms with Gasteiger partial charge in [-0.05, 0) is 43.2 Å². The molecule has 3 atom stereocenters. The van der Waals surface area contributed by atoms with E-state index in [2.05, 4.69) is 29.2 Å². The van der Waals surface area contributed by atoms with Crippen molar-refractivity contribution in [2.45, 2.75) is 56.8 Å². The van der Waals surface area contributed by atoms with E-state index >= 15 is 0 Å². The number of aliphatic hydroxyl groups excluding tert-OH is 1. The maximum Gasteiger partial charge on any atom is 0.225 e. The Morgan fingerprint density at radius 1 is 1.04 bits per heavy atom. The Labute approximate surface area is 174 Å². The molecular weight excluding hydrogens is 385 g/mol. The van der Waals surface area contributed by atoms with Crippen LogP contribution in [0.3, 0.4) is 0 Å². The number of carbonyl (C=O) groups excluding carboxylic acids is 1. The fraction of sp³-hybridized carbons (Fsp3) is 0.650. The zero-order chi connectivity index (χ0) is 17.4. The molecule has 5 nitrogen and oxygen atoms in total. The number of benzene rings is 1. The molecule has 4 rings (SSSR count). The van der Waals surface area contributed by atoms with Gasteiger partial charge >= 0.3 is 0 Å². The van der Waals surface area contributed by atoms with Crippen molar-refractivity contribution in [2.24, 2.45) is 11.7 Å². The van der Waals surface area contributed by atoms with E-state index in [0.29, 0.717) is 18.9 Å². The summed E-state index contributed by atoms with van der Waals surface area (Å²) in [5.41, 5.74) is 8.81. The topological polar surface area (TPSA) is 69.8 Å². The first-order chi connectivity index (χ1) is 12.1. The third-order valence-electron chi connectivity index (χ3n) is 6.38. The lowest BCUT2D eigenvalue weighted by Crippen LogP contribution is -2.49. The second kappa shape index (κ2) is 9.57. The van der Waals surface area contributed by atoms with Crippen LogP contribution in [0.4, 0.5) is 0 Å². The highest BCUT2D eigenvalue weighted by Gasteiger charge is 2.38. The third-order valence-corrected chi connectivity index (χ3v) is 6.38. The van der Waals surface area contributed by atoms with Crippen LogP contribution >= 0.6 is 24.8 Å². The number of hydrogen-bond acceptors (Lipinski definition) is 4. The molecule has 3 N–H and O–H groups in total. The average molecular weight is 416 g/mol. The van der Waals surface area contributed by atoms with Crippen molar-refractivity contribution in [3.8, 4) is 0 Å². The van der Waals surface area contributed by atoms with Crippen LogP contribution in [0.25, 0.3) is 0 Å². The molecule has 2 aliphatic heterocycles. The number of amides is 1. The number of piperidine rings is 1. The van der Waals surface area contributed by atoms with Crippen LogP contribution in [0.5, 0.6) is 0 Å². The summed E-state index contributed by atoms with van der Waals surface area (Å²) < 4.78 is 0. The van der Waals surface area contributed by atoms with Crippen LogP contribution in [0.15, 0.2) is 24.3 Å². The second-order valence-electron chi connectivity index (χ2n) is 7.95. The smallest absolute Gasteiger partial charge is 0.225 e. The summed E-state index contributed by atoms with van der Waals surface area (Å²) >= 11 is 0. The molecule has 1 aromatic rings. The Morgan fingerprint density at radius 3 is 2.33 bits per heavy atom. The number of carbonyl (C=O) groups is 1. The molecule has 2 fully saturated rings. The van der Waals surface area contributed by atoms with E-state index in [0.717, 1.165) is 45.4 Å². The Bertz CT molecular complexity index is 627. The summed E-state index contributed by atoms with van der Waals surface area (Å²) in [5.74, 6) is 0.123. The number of hydrogen-bond donors (Lipinski definition) is 2. The predicted molar refractivity (Wildman–Crippen MR) is 111 cm³/mol. The number of fused-ring (bicyclic) bond motifs is 1. The molecule has 7 heteroatoms. The zero-order valence-corrected chi connectivity index (χ0v) is 17.3. The normalized spacial score (nSPS) is 28.8. The summed E-state index contributed by atoms with van der Waals surface area (Å²) in [5, 5.41) is 9.81. The number of halogens is 2. The van der Waals surface area contributed by atoms with Crippen molar-refractivity contribution >= 4 is 30.7 Å². The number of aliphatic hydroxyl groups is 1. The fourth-order valence-electron chi connectivity index (χ4n) is 4.79. The third kappa shape index (κ3) is 4.77. The minimum Gasteiger partial charge on any atom is -0.391 e. The number of rotatable bonds is 2. The van der Waals surface area contributed by atoms with Crippen LogP contribution in [0.2, 0.25) is 0 Å². The van der Waals surface area contributed by atoms with Gasteiger partial charge in [-0.2, -0.15) is 0 Å². The van der Waals surface area contributed by atoms with Crippen LogP contribution in [-0.4, -0.2) is 58.6 Å². The minimum atomic E-state index is -0.514. The molecule has 2 heterocycles. The Morgan fingerprint density at radius 2 is 1.70 bits per heavy atom. The van der Waals surface area contributed by atoms with Gasteiger partial charge in [0.1, 0.15) is 0 Å². The van der Waals surface area contributed by atoms with E-state index in [1.807, 2.05) is 4.90 Å². The van der Waals surface area contributed by atoms with E-state index in [1.54, 1.807) is 0 Å². The first-order valence-electron chi connectivity index (χ1n) is 9.65. The van der Waals surface area contributed by atoms with E-state index in [1.165, 1.54) is 11.1 Å². The van der Waals surface area contributed by atoms with Gasteiger partial charge in [0.25, 0.3) is 0 Å². The van der Waals surface area contributed by atoms with Crippen LogP contribution in [-0.2, 0) is 17.8 Å². The first kappa shape index (κ1) is 22.4. The van der Waals surface area contributed by atoms with Crippen LogP contribution in [0.1, 0.15) is 36.8 Å². The van der Waals surface area contributed by atoms with Gasteiger partial charge in [0.15, 0.2) is 0 Å². The number of likely N-dealkylation sites (tertiary alicyclic amines) is 1. The molecule has 1 saturated heterocycles. The molecule has 1 aliphatic carbocycles. The van der Waals surface area contributed by atoms with E-state index in [4.69, 9.17) is 5.73 Å². The SMILES string of the molecule is Cl.Cl.N[C@H]1C[C@H](C(=O)N2CCC(N3CCc4ccccc4C3)CC2)C[C@@H]1O. The van der Waals surface area contributed by atoms with Crippen molar-refractivity contribution in [2.75, 3.05) is 19.6 Å². The molecule has 3 aliphatic rings. The molecule has 0 spiro atoms. The van der Waals surface area contributed by atoms with Crippen LogP contribution < -0.4 is 5.73 Å². The summed E-state index contributed by atoms with van der Waals surface area (Å²) in [6, 6.07) is 9.09.